The van der Waals surface area contributed by atoms with Crippen LogP contribution in [0.3, 0.4) is 0 Å². The summed E-state index contributed by atoms with van der Waals surface area (Å²) in [6.45, 7) is 2.80. The van der Waals surface area contributed by atoms with Crippen molar-refractivity contribution in [2.75, 3.05) is 13.7 Å². The number of hydrogen-bond acceptors (Lipinski definition) is 7. The summed E-state index contributed by atoms with van der Waals surface area (Å²) in [5.41, 5.74) is -1.62. The second-order valence-electron chi connectivity index (χ2n) is 12.4. The Morgan fingerprint density at radius 1 is 1.14 bits per heavy atom. The Morgan fingerprint density at radius 2 is 1.86 bits per heavy atom. The first-order valence-corrected chi connectivity index (χ1v) is 15.0. The first kappa shape index (κ1) is 33.2. The molecule has 2 fully saturated rings. The minimum atomic E-state index is -4.79. The predicted octanol–water partition coefficient (Wildman–Crippen LogP) is 5.50. The lowest BCUT2D eigenvalue weighted by molar-refractivity contribution is -0.207. The highest BCUT2D eigenvalue weighted by Crippen LogP contribution is 2.58. The van der Waals surface area contributed by atoms with Gasteiger partial charge in [0.05, 0.1) is 18.8 Å². The fourth-order valence-corrected chi connectivity index (χ4v) is 5.89. The van der Waals surface area contributed by atoms with E-state index in [-0.39, 0.29) is 36.0 Å². The lowest BCUT2D eigenvalue weighted by Crippen LogP contribution is -2.48. The second kappa shape index (κ2) is 13.5. The first-order chi connectivity index (χ1) is 20.8. The third-order valence-corrected chi connectivity index (χ3v) is 8.64. The Morgan fingerprint density at radius 3 is 2.48 bits per heavy atom. The van der Waals surface area contributed by atoms with Gasteiger partial charge in [-0.3, -0.25) is 24.0 Å². The number of halogens is 3. The lowest BCUT2D eigenvalue weighted by atomic mass is 9.82. The van der Waals surface area contributed by atoms with E-state index in [0.717, 1.165) is 12.8 Å². The predicted molar refractivity (Wildman–Crippen MR) is 154 cm³/mol. The fraction of sp³-hybridized carbons (Fsp3) is 0.594. The van der Waals surface area contributed by atoms with Gasteiger partial charge in [-0.1, -0.05) is 26.3 Å². The van der Waals surface area contributed by atoms with Crippen LogP contribution >= 0.6 is 0 Å². The molecule has 0 spiro atoms. The van der Waals surface area contributed by atoms with Crippen LogP contribution in [-0.4, -0.2) is 60.1 Å². The van der Waals surface area contributed by atoms with Crippen LogP contribution in [0.15, 0.2) is 24.3 Å². The van der Waals surface area contributed by atoms with Crippen molar-refractivity contribution >= 4 is 40.1 Å². The van der Waals surface area contributed by atoms with Crippen molar-refractivity contribution in [1.82, 2.24) is 10.3 Å². The second-order valence-corrected chi connectivity index (χ2v) is 12.4. The molecule has 0 radical (unpaired) electrons. The zero-order valence-electron chi connectivity index (χ0n) is 25.2. The number of carbonyl (C=O) groups is 5. The quantitative estimate of drug-likeness (QED) is 0.211. The summed E-state index contributed by atoms with van der Waals surface area (Å²) >= 11 is 0. The first-order valence-electron chi connectivity index (χ1n) is 15.0. The number of hydrogen-bond donors (Lipinski definition) is 2. The zero-order chi connectivity index (χ0) is 32.2. The molecule has 1 heterocycles. The highest BCUT2D eigenvalue weighted by atomic mass is 19.4. The normalized spacial score (nSPS) is 19.3. The van der Waals surface area contributed by atoms with E-state index in [4.69, 9.17) is 9.47 Å². The van der Waals surface area contributed by atoms with Crippen molar-refractivity contribution in [2.45, 2.75) is 83.9 Å². The minimum Gasteiger partial charge on any atom is -0.496 e. The molecule has 3 atom stereocenters. The molecule has 0 aliphatic heterocycles. The summed E-state index contributed by atoms with van der Waals surface area (Å²) in [6, 6.07) is 5.72. The number of fused-ring (bicyclic) bond motifs is 1. The molecule has 2 saturated carbocycles. The standard InChI is InChI=1S/C32H39F3N2O7/c1-18(2)13-20(15-26(39)24-16-21-22(36-24)8-6-10-28(21)43-3)29(41)37-23(14-19-7-4-5-9-25(19)38)27(40)17-44-30(42)31(11-12-31)32(33,34)35/h6,8,10,16,18-20,23,36H,4-5,7,9,11-15,17H2,1-3H3,(H,37,41)/t19-,20+,23-/m0/s1. The van der Waals surface area contributed by atoms with E-state index in [0.29, 0.717) is 35.9 Å². The highest BCUT2D eigenvalue weighted by Gasteiger charge is 2.69. The van der Waals surface area contributed by atoms with Crippen LogP contribution in [0, 0.1) is 23.2 Å². The number of esters is 1. The number of carbonyl (C=O) groups excluding carboxylic acids is 5. The van der Waals surface area contributed by atoms with Gasteiger partial charge < -0.3 is 19.8 Å². The van der Waals surface area contributed by atoms with Crippen LogP contribution in [-0.2, 0) is 23.9 Å². The van der Waals surface area contributed by atoms with Gasteiger partial charge in [0.25, 0.3) is 0 Å². The van der Waals surface area contributed by atoms with Crippen molar-refractivity contribution in [3.05, 3.63) is 30.0 Å². The van der Waals surface area contributed by atoms with E-state index in [9.17, 15) is 37.1 Å². The molecule has 4 rings (SSSR count). The molecule has 1 aromatic carbocycles. The number of H-pyrrole nitrogens is 1. The van der Waals surface area contributed by atoms with Crippen molar-refractivity contribution in [3.8, 4) is 5.75 Å². The number of benzene rings is 1. The average Bonchev–Trinajstić information content (AvgIpc) is 3.68. The molecule has 2 aliphatic rings. The van der Waals surface area contributed by atoms with Crippen LogP contribution in [0.1, 0.15) is 82.1 Å². The van der Waals surface area contributed by atoms with E-state index in [1.54, 1.807) is 24.3 Å². The largest absolute Gasteiger partial charge is 0.496 e. The zero-order valence-corrected chi connectivity index (χ0v) is 25.2. The third-order valence-electron chi connectivity index (χ3n) is 8.64. The molecule has 44 heavy (non-hydrogen) atoms. The van der Waals surface area contributed by atoms with Gasteiger partial charge in [0.2, 0.25) is 5.91 Å². The Bertz CT molecular complexity index is 1410. The number of aromatic nitrogens is 1. The van der Waals surface area contributed by atoms with Gasteiger partial charge in [-0.25, -0.2) is 0 Å². The van der Waals surface area contributed by atoms with Gasteiger partial charge in [0, 0.05) is 35.6 Å². The molecule has 0 unspecified atom stereocenters. The Kier molecular flexibility index (Phi) is 10.2. The van der Waals surface area contributed by atoms with Crippen LogP contribution in [0.5, 0.6) is 5.75 Å². The van der Waals surface area contributed by atoms with Gasteiger partial charge >= 0.3 is 12.1 Å². The molecule has 1 amide bonds. The van der Waals surface area contributed by atoms with Crippen LogP contribution < -0.4 is 10.1 Å². The molecule has 240 valence electrons. The molecule has 9 nitrogen and oxygen atoms in total. The van der Waals surface area contributed by atoms with Crippen molar-refractivity contribution in [2.24, 2.45) is 23.2 Å². The van der Waals surface area contributed by atoms with E-state index in [1.807, 2.05) is 13.8 Å². The highest BCUT2D eigenvalue weighted by molar-refractivity contribution is 6.02. The summed E-state index contributed by atoms with van der Waals surface area (Å²) in [6.07, 6.45) is -3.21. The smallest absolute Gasteiger partial charge is 0.404 e. The molecule has 2 N–H and O–H groups in total. The number of ether oxygens (including phenoxy) is 2. The molecular weight excluding hydrogens is 581 g/mol. The van der Waals surface area contributed by atoms with Crippen LogP contribution in [0.4, 0.5) is 13.2 Å². The van der Waals surface area contributed by atoms with E-state index < -0.39 is 66.6 Å². The summed E-state index contributed by atoms with van der Waals surface area (Å²) in [5.74, 6) is -4.08. The van der Waals surface area contributed by atoms with E-state index >= 15 is 0 Å². The number of Topliss-reactive ketones (excluding diaryl/α,β-unsaturated/α-hetero) is 3. The number of methoxy groups -OCH3 is 1. The SMILES string of the molecule is COc1cccc2[nH]c(C(=O)C[C@@H](CC(C)C)C(=O)N[C@@H](C[C@@H]3CCCCC3=O)C(=O)COC(=O)C3(C(F)(F)F)CC3)cc12. The van der Waals surface area contributed by atoms with Gasteiger partial charge in [0.15, 0.2) is 23.6 Å². The minimum absolute atomic E-state index is 0.00786. The van der Waals surface area contributed by atoms with E-state index in [2.05, 4.69) is 10.3 Å². The summed E-state index contributed by atoms with van der Waals surface area (Å²) in [5, 5.41) is 3.37. The third kappa shape index (κ3) is 7.50. The van der Waals surface area contributed by atoms with Gasteiger partial charge in [-0.2, -0.15) is 13.2 Å². The van der Waals surface area contributed by atoms with Crippen LogP contribution in [0.25, 0.3) is 10.9 Å². The van der Waals surface area contributed by atoms with Gasteiger partial charge in [0.1, 0.15) is 11.5 Å². The number of aromatic amines is 1. The van der Waals surface area contributed by atoms with Crippen molar-refractivity contribution < 1.29 is 46.6 Å². The average molecular weight is 621 g/mol. The molecule has 2 aliphatic carbocycles. The number of amides is 1. The van der Waals surface area contributed by atoms with Crippen molar-refractivity contribution in [1.29, 1.82) is 0 Å². The molecule has 1 aromatic heterocycles. The monoisotopic (exact) mass is 620 g/mol. The summed E-state index contributed by atoms with van der Waals surface area (Å²) < 4.78 is 50.2. The maximum atomic E-state index is 13.6. The van der Waals surface area contributed by atoms with Crippen molar-refractivity contribution in [3.63, 3.8) is 0 Å². The maximum Gasteiger partial charge on any atom is 0.404 e. The Labute approximate surface area is 253 Å². The number of rotatable bonds is 14. The lowest BCUT2D eigenvalue weighted by Gasteiger charge is -2.27. The number of alkyl halides is 3. The molecular formula is C32H39F3N2O7. The fourth-order valence-electron chi connectivity index (χ4n) is 5.89. The summed E-state index contributed by atoms with van der Waals surface area (Å²) in [7, 11) is 1.52. The molecule has 12 heteroatoms. The van der Waals surface area contributed by atoms with Gasteiger partial charge in [-0.05, 0) is 62.6 Å². The van der Waals surface area contributed by atoms with Gasteiger partial charge in [-0.15, -0.1) is 0 Å². The van der Waals surface area contributed by atoms with Crippen LogP contribution in [0.2, 0.25) is 0 Å². The molecule has 0 bridgehead atoms. The molecule has 2 aromatic rings. The Hall–Kier alpha value is -3.70. The van der Waals surface area contributed by atoms with E-state index in [1.165, 1.54) is 7.11 Å². The topological polar surface area (TPSA) is 132 Å². The maximum absolute atomic E-state index is 13.6. The number of nitrogens with one attached hydrogen (secondary N) is 2. The number of ketones is 3. The summed E-state index contributed by atoms with van der Waals surface area (Å²) in [4.78, 5) is 68.1. The molecule has 0 saturated heterocycles. The Balaban J connectivity index is 1.49.